The van der Waals surface area contributed by atoms with Gasteiger partial charge in [0.2, 0.25) is 29.6 Å². The molecule has 0 saturated carbocycles. The van der Waals surface area contributed by atoms with E-state index in [0.717, 1.165) is 33.2 Å². The van der Waals surface area contributed by atoms with Crippen LogP contribution in [-0.4, -0.2) is 288 Å². The molecular weight excluding hydrogens is 1860 g/mol. The highest BCUT2D eigenvalue weighted by Gasteiger charge is 2.48. The van der Waals surface area contributed by atoms with E-state index in [2.05, 4.69) is 30.9 Å². The van der Waals surface area contributed by atoms with Crippen molar-refractivity contribution in [2.24, 2.45) is 5.73 Å². The molecule has 44 heteroatoms. The maximum Gasteiger partial charge on any atom is 0.490 e. The summed E-state index contributed by atoms with van der Waals surface area (Å²) in [5, 5.41) is 23.7. The largest absolute Gasteiger partial charge is 0.496 e. The molecule has 2 unspecified atom stereocenters. The number of unbranched alkanes of at least 4 members (excludes halogenated alkanes) is 3. The Hall–Kier alpha value is -15.0. The number of hydrogen-bond donors (Lipinski definition) is 6. The number of imide groups is 4. The molecule has 10 amide bonds. The number of anilines is 8. The number of aromatic nitrogens is 4. The first-order chi connectivity index (χ1) is 68.2. The number of carboxylic acid groups (broad SMARTS) is 2. The summed E-state index contributed by atoms with van der Waals surface area (Å²) in [6.45, 7) is 5.71. The summed E-state index contributed by atoms with van der Waals surface area (Å²) < 4.78 is 87.1. The number of benzene rings is 6. The third-order valence-corrected chi connectivity index (χ3v) is 23.0. The normalized spacial score (nSPS) is 15.1. The van der Waals surface area contributed by atoms with Crippen LogP contribution < -0.4 is 60.2 Å². The minimum atomic E-state index is -5.08. The standard InChI is InChI=1S/C49H54N6O12.C26H35N3O9.C21H19N5O4.C2HF3O2/c1-53-36-14-5-4-12-34(36)47(60)54(2)38-29-50-42(51-45(38)53)28-32-18-17-31(27-41(32)63-3)39(57)15-7-9-22-65-24-26-66-25-23-64-21-8-6-11-33(56)30-67-40-16-10-13-35-44(40)49(62)55(48(35)61)37-19-20-43(58)52-46(37)59;27-10-4-12-36-14-16-37-15-13-35-11-2-1-5-18(30)17-38-21-7-3-6-19-23(21)26(34)29(25(19)33)20-8-9-22(31)28-24(20)32;1-25-15-7-5-4-6-13(15)19(27)26(2)16-11-22-21(24-18(16)25)23-14-9-8-12(20(28)29)10-17(14)30-3;3-2(4,5)1(6)7/h4-5,10,12-14,16-18,27,29,37H,6-9,11,15,19-26,28,30H2,1-3H3,(H,52,58,59);3,6-7,20H,1-2,4-5,8-17,27H2,(H,28,31,32);4-11H,1-3H3,(H,28,29)(H,22,23,24);(H,6,7). The lowest BCUT2D eigenvalue weighted by atomic mass is 10.0. The highest BCUT2D eigenvalue weighted by Crippen LogP contribution is 2.42. The van der Waals surface area contributed by atoms with Crippen molar-refractivity contribution < 1.29 is 143 Å². The number of para-hydroxylation sites is 2. The molecule has 0 spiro atoms. The van der Waals surface area contributed by atoms with Crippen LogP contribution in [0.2, 0.25) is 0 Å². The van der Waals surface area contributed by atoms with E-state index < -0.39 is 77.5 Å². The Morgan fingerprint density at radius 1 is 0.451 bits per heavy atom. The molecule has 14 rings (SSSR count). The third kappa shape index (κ3) is 28.0. The number of piperidine rings is 2. The van der Waals surface area contributed by atoms with Gasteiger partial charge in [0.1, 0.15) is 65.5 Å². The molecule has 0 bridgehead atoms. The predicted molar refractivity (Wildman–Crippen MR) is 503 cm³/mol. The van der Waals surface area contributed by atoms with Crippen LogP contribution in [0.15, 0.2) is 134 Å². The number of aliphatic carboxylic acids is 1. The van der Waals surface area contributed by atoms with Crippen molar-refractivity contribution in [1.82, 2.24) is 40.4 Å². The molecule has 2 fully saturated rings. The van der Waals surface area contributed by atoms with E-state index in [0.29, 0.717) is 200 Å². The fraction of sp³-hybridized carbons (Fsp3) is 0.398. The number of rotatable bonds is 46. The van der Waals surface area contributed by atoms with Gasteiger partial charge in [-0.1, -0.05) is 48.5 Å². The van der Waals surface area contributed by atoms with E-state index in [4.69, 9.17) is 73.1 Å². The number of carboxylic acids is 2. The first-order valence-electron chi connectivity index (χ1n) is 45.5. The van der Waals surface area contributed by atoms with E-state index in [1.807, 2.05) is 66.4 Å². The lowest BCUT2D eigenvalue weighted by Gasteiger charge is -2.27. The van der Waals surface area contributed by atoms with Crippen molar-refractivity contribution in [2.45, 2.75) is 115 Å². The topological polar surface area (TPSA) is 522 Å². The molecule has 8 heterocycles. The second-order valence-corrected chi connectivity index (χ2v) is 32.6. The maximum absolute atomic E-state index is 13.2. The van der Waals surface area contributed by atoms with E-state index >= 15 is 0 Å². The van der Waals surface area contributed by atoms with Crippen LogP contribution in [0, 0.1) is 0 Å². The van der Waals surface area contributed by atoms with Crippen LogP contribution in [0.25, 0.3) is 0 Å². The van der Waals surface area contributed by atoms with Gasteiger partial charge in [-0.3, -0.25) is 82.8 Å². The Bertz CT molecular complexity index is 5990. The highest BCUT2D eigenvalue weighted by molar-refractivity contribution is 6.26. The number of nitrogens with one attached hydrogen (secondary N) is 3. The number of ether oxygens (including phenoxy) is 10. The quantitative estimate of drug-likeness (QED) is 0.0117. The minimum Gasteiger partial charge on any atom is -0.496 e. The molecule has 2 aromatic heterocycles. The second kappa shape index (κ2) is 51.8. The number of alkyl halides is 3. The van der Waals surface area contributed by atoms with E-state index in [1.54, 1.807) is 81.0 Å². The number of hydrogen-bond acceptors (Lipinski definition) is 33. The van der Waals surface area contributed by atoms with Gasteiger partial charge in [-0.25, -0.2) is 24.5 Å². The molecule has 6 aliphatic heterocycles. The van der Waals surface area contributed by atoms with Crippen LogP contribution in [0.1, 0.15) is 184 Å². The number of ketones is 3. The van der Waals surface area contributed by atoms with E-state index in [1.165, 1.54) is 48.4 Å². The number of methoxy groups -OCH3 is 2. The minimum absolute atomic E-state index is 0.0000426. The van der Waals surface area contributed by atoms with Crippen molar-refractivity contribution >= 4 is 134 Å². The Morgan fingerprint density at radius 3 is 1.31 bits per heavy atom. The average Bonchev–Trinajstić information content (AvgIpc) is 1.59. The summed E-state index contributed by atoms with van der Waals surface area (Å²) in [7, 11) is 10.1. The Morgan fingerprint density at radius 2 is 0.866 bits per heavy atom. The number of halogens is 3. The van der Waals surface area contributed by atoms with Crippen molar-refractivity contribution in [2.75, 3.05) is 166 Å². The molecule has 754 valence electrons. The lowest BCUT2D eigenvalue weighted by molar-refractivity contribution is -0.192. The molecule has 6 aliphatic rings. The smallest absolute Gasteiger partial charge is 0.490 e. The molecule has 7 N–H and O–H groups in total. The van der Waals surface area contributed by atoms with Crippen molar-refractivity contribution in [3.63, 3.8) is 0 Å². The summed E-state index contributed by atoms with van der Waals surface area (Å²) in [4.78, 5) is 211. The number of amides is 10. The van der Waals surface area contributed by atoms with Crippen molar-refractivity contribution in [1.29, 1.82) is 0 Å². The number of carbonyl (C=O) groups excluding carboxylic acids is 13. The Labute approximate surface area is 813 Å². The van der Waals surface area contributed by atoms with Crippen LogP contribution in [0.4, 0.5) is 59.2 Å². The van der Waals surface area contributed by atoms with Gasteiger partial charge in [-0.2, -0.15) is 18.2 Å². The van der Waals surface area contributed by atoms with Gasteiger partial charge in [0.15, 0.2) is 29.0 Å². The summed E-state index contributed by atoms with van der Waals surface area (Å²) in [6, 6.07) is 31.5. The highest BCUT2D eigenvalue weighted by atomic mass is 19.4. The fourth-order valence-corrected chi connectivity index (χ4v) is 15.5. The molecule has 2 atom stereocenters. The second-order valence-electron chi connectivity index (χ2n) is 32.6. The fourth-order valence-electron chi connectivity index (χ4n) is 15.5. The molecule has 8 aromatic rings. The third-order valence-electron chi connectivity index (χ3n) is 23.0. The number of carbonyl (C=O) groups is 15. The van der Waals surface area contributed by atoms with Gasteiger partial charge in [0.05, 0.1) is 135 Å². The van der Waals surface area contributed by atoms with Crippen LogP contribution in [0.3, 0.4) is 0 Å². The number of nitrogens with zero attached hydrogens (tertiary/aromatic N) is 10. The SMILES string of the molecule is COc1cc(C(=O)CCCCOCCOCCOCCCCC(=O)COc2cccc3c2C(=O)N(C2CCC(=O)NC2=O)C3=O)ccc1Cc1ncc2c(n1)N(C)c1ccccc1C(=O)N2C.COc1cc(C(=O)O)ccc1Nc1ncc2c(n1)N(C)c1ccccc1C(=O)N2C.NCCCOCCOCCOCCCCC(=O)COc1cccc2c1C(=O)N(C1CCC(=O)NC1=O)C2=O.O=C(O)C(F)(F)F. The van der Waals surface area contributed by atoms with Crippen LogP contribution in [-0.2, 0) is 68.4 Å². The van der Waals surface area contributed by atoms with Gasteiger partial charge in [-0.05, 0) is 137 Å². The first kappa shape index (κ1) is 107. The molecule has 2 saturated heterocycles. The zero-order valence-electron chi connectivity index (χ0n) is 78.9. The molecule has 6 aromatic carbocycles. The summed E-state index contributed by atoms with van der Waals surface area (Å²) >= 11 is 0. The van der Waals surface area contributed by atoms with Gasteiger partial charge < -0.3 is 88.2 Å². The number of aromatic carboxylic acids is 1. The number of Topliss-reactive ketones (excluding diaryl/α,β-unsaturated/α-hetero) is 3. The summed E-state index contributed by atoms with van der Waals surface area (Å²) in [5.74, 6) is -6.25. The first-order valence-corrected chi connectivity index (χ1v) is 45.5. The monoisotopic (exact) mass is 1970 g/mol. The summed E-state index contributed by atoms with van der Waals surface area (Å²) in [5.41, 5.74) is 11.4. The van der Waals surface area contributed by atoms with Crippen LogP contribution in [0.5, 0.6) is 23.0 Å². The maximum atomic E-state index is 13.2. The van der Waals surface area contributed by atoms with Crippen molar-refractivity contribution in [3.8, 4) is 23.0 Å². The van der Waals surface area contributed by atoms with Gasteiger partial charge in [0, 0.05) is 104 Å². The van der Waals surface area contributed by atoms with Gasteiger partial charge >= 0.3 is 18.1 Å². The van der Waals surface area contributed by atoms with Crippen molar-refractivity contribution in [3.05, 3.63) is 190 Å². The number of nitrogens with two attached hydrogens (primary N) is 1. The Balaban J connectivity index is 0.000000215. The molecule has 0 aliphatic carbocycles. The van der Waals surface area contributed by atoms with Gasteiger partial charge in [-0.15, -0.1) is 0 Å². The Kier molecular flexibility index (Phi) is 39.2. The number of fused-ring (bicyclic) bond motifs is 6. The molecule has 0 radical (unpaired) electrons. The zero-order chi connectivity index (χ0) is 102. The average molecular weight is 1970 g/mol. The zero-order valence-corrected chi connectivity index (χ0v) is 78.9. The summed E-state index contributed by atoms with van der Waals surface area (Å²) in [6.07, 6.45) is 4.30. The van der Waals surface area contributed by atoms with E-state index in [9.17, 15) is 80.3 Å². The molecule has 142 heavy (non-hydrogen) atoms. The predicted octanol–water partition coefficient (Wildman–Crippen LogP) is 9.58. The lowest BCUT2D eigenvalue weighted by Crippen LogP contribution is -2.54. The van der Waals surface area contributed by atoms with Crippen LogP contribution >= 0.6 is 0 Å². The molecule has 41 nitrogen and oxygen atoms in total. The van der Waals surface area contributed by atoms with Gasteiger partial charge in [0.25, 0.3) is 35.4 Å². The van der Waals surface area contributed by atoms with E-state index in [-0.39, 0.29) is 126 Å². The molecular formula is C98H109F3N14O27.